The average Bonchev–Trinajstić information content (AvgIpc) is 3.82. The normalized spacial score (nSPS) is 15.3. The van der Waals surface area contributed by atoms with Crippen molar-refractivity contribution in [2.45, 2.75) is 31.5 Å². The molecule has 0 saturated carbocycles. The summed E-state index contributed by atoms with van der Waals surface area (Å²) >= 11 is 0. The molecule has 1 aliphatic heterocycles. The molecule has 6 rings (SSSR count). The van der Waals surface area contributed by atoms with Gasteiger partial charge < -0.3 is 14.8 Å². The largest absolute Gasteiger partial charge is 0.494 e. The van der Waals surface area contributed by atoms with Crippen LogP contribution in [0, 0.1) is 5.82 Å². The number of hydrogen-bond acceptors (Lipinski definition) is 9. The number of aromatic nitrogens is 7. The third-order valence-electron chi connectivity index (χ3n) is 7.23. The SMILES string of the molecule is COc1cc(N(C(=O)Cn2nnc3ccccc32)C(C(=O)NCC2CCCO2)c2ccc(F)cc2)ccc1-n1cnnn1. The van der Waals surface area contributed by atoms with Gasteiger partial charge in [0.25, 0.3) is 0 Å². The molecule has 2 atom stereocenters. The number of para-hydroxylation sites is 1. The molecule has 1 aliphatic rings. The molecule has 220 valence electrons. The van der Waals surface area contributed by atoms with Gasteiger partial charge in [0.1, 0.15) is 41.7 Å². The minimum Gasteiger partial charge on any atom is -0.494 e. The number of benzene rings is 3. The molecule has 5 aromatic rings. The van der Waals surface area contributed by atoms with E-state index in [9.17, 15) is 14.0 Å². The highest BCUT2D eigenvalue weighted by Crippen LogP contribution is 2.34. The summed E-state index contributed by atoms with van der Waals surface area (Å²) in [5, 5.41) is 22.6. The Morgan fingerprint density at radius 1 is 1.14 bits per heavy atom. The number of carbonyl (C=O) groups is 2. The lowest BCUT2D eigenvalue weighted by Crippen LogP contribution is -2.46. The Kier molecular flexibility index (Phi) is 8.00. The van der Waals surface area contributed by atoms with Crippen LogP contribution in [-0.4, -0.2) is 73.4 Å². The van der Waals surface area contributed by atoms with Gasteiger partial charge in [0.05, 0.1) is 18.7 Å². The molecule has 0 radical (unpaired) electrons. The number of ether oxygens (including phenoxy) is 2. The van der Waals surface area contributed by atoms with Crippen LogP contribution in [0.3, 0.4) is 0 Å². The molecule has 0 bridgehead atoms. The Hall–Kier alpha value is -5.24. The van der Waals surface area contributed by atoms with Gasteiger partial charge >= 0.3 is 0 Å². The highest BCUT2D eigenvalue weighted by atomic mass is 19.1. The molecule has 3 aromatic carbocycles. The van der Waals surface area contributed by atoms with Gasteiger partial charge in [-0.1, -0.05) is 29.5 Å². The average molecular weight is 586 g/mol. The maximum absolute atomic E-state index is 14.3. The maximum Gasteiger partial charge on any atom is 0.249 e. The lowest BCUT2D eigenvalue weighted by Gasteiger charge is -2.32. The van der Waals surface area contributed by atoms with E-state index in [-0.39, 0.29) is 19.2 Å². The maximum atomic E-state index is 14.3. The molecular formula is C29H28FN9O4. The number of halogens is 1. The second-order valence-electron chi connectivity index (χ2n) is 9.94. The number of carbonyl (C=O) groups excluding carboxylic acids is 2. The summed E-state index contributed by atoms with van der Waals surface area (Å²) in [5.74, 6) is -1.04. The van der Waals surface area contributed by atoms with E-state index < -0.39 is 23.7 Å². The van der Waals surface area contributed by atoms with E-state index in [2.05, 4.69) is 31.2 Å². The lowest BCUT2D eigenvalue weighted by molar-refractivity contribution is -0.127. The number of nitrogens with one attached hydrogen (secondary N) is 1. The zero-order chi connectivity index (χ0) is 29.8. The highest BCUT2D eigenvalue weighted by Gasteiger charge is 2.34. The lowest BCUT2D eigenvalue weighted by atomic mass is 10.0. The Morgan fingerprint density at radius 3 is 2.72 bits per heavy atom. The van der Waals surface area contributed by atoms with E-state index in [1.807, 2.05) is 18.2 Å². The molecule has 14 heteroatoms. The fourth-order valence-corrected chi connectivity index (χ4v) is 5.13. The number of tetrazole rings is 1. The summed E-state index contributed by atoms with van der Waals surface area (Å²) in [6, 6.07) is 16.5. The van der Waals surface area contributed by atoms with Crippen LogP contribution in [0.15, 0.2) is 73.1 Å². The minimum atomic E-state index is -1.17. The number of anilines is 1. The Bertz CT molecular complexity index is 1720. The molecule has 0 spiro atoms. The third-order valence-corrected chi connectivity index (χ3v) is 7.23. The van der Waals surface area contributed by atoms with Crippen LogP contribution in [-0.2, 0) is 20.9 Å². The second kappa shape index (κ2) is 12.3. The molecule has 1 saturated heterocycles. The number of fused-ring (bicyclic) bond motifs is 1. The number of methoxy groups -OCH3 is 1. The van der Waals surface area contributed by atoms with Gasteiger partial charge in [-0.3, -0.25) is 14.5 Å². The minimum absolute atomic E-state index is 0.126. The molecule has 1 N–H and O–H groups in total. The number of amides is 2. The monoisotopic (exact) mass is 585 g/mol. The predicted octanol–water partition coefficient (Wildman–Crippen LogP) is 2.62. The van der Waals surface area contributed by atoms with Crippen molar-refractivity contribution in [2.75, 3.05) is 25.2 Å². The van der Waals surface area contributed by atoms with Gasteiger partial charge in [-0.25, -0.2) is 9.07 Å². The van der Waals surface area contributed by atoms with Crippen LogP contribution in [0.5, 0.6) is 5.75 Å². The first-order valence-electron chi connectivity index (χ1n) is 13.7. The summed E-state index contributed by atoms with van der Waals surface area (Å²) in [6.45, 7) is 0.675. The van der Waals surface area contributed by atoms with E-state index in [0.29, 0.717) is 40.3 Å². The fraction of sp³-hybridized carbons (Fsp3) is 0.276. The summed E-state index contributed by atoms with van der Waals surface area (Å²) in [7, 11) is 1.48. The summed E-state index contributed by atoms with van der Waals surface area (Å²) in [5.41, 5.74) is 2.56. The molecule has 2 aromatic heterocycles. The van der Waals surface area contributed by atoms with E-state index >= 15 is 0 Å². The van der Waals surface area contributed by atoms with Crippen molar-refractivity contribution in [2.24, 2.45) is 0 Å². The standard InChI is InChI=1S/C29H28FN9O4/c1-42-26-15-21(12-13-25(26)38-18-32-34-36-38)39(27(40)17-37-24-7-3-2-6-23(24)33-35-37)28(19-8-10-20(30)11-9-19)29(41)31-16-22-5-4-14-43-22/h2-3,6-13,15,18,22,28H,4-5,14,16-17H2,1H3,(H,31,41). The van der Waals surface area contributed by atoms with Crippen LogP contribution in [0.25, 0.3) is 16.7 Å². The molecule has 0 aliphatic carbocycles. The van der Waals surface area contributed by atoms with E-state index in [1.165, 1.54) is 52.0 Å². The van der Waals surface area contributed by atoms with E-state index in [4.69, 9.17) is 9.47 Å². The first-order valence-corrected chi connectivity index (χ1v) is 13.7. The van der Waals surface area contributed by atoms with Crippen LogP contribution in [0.1, 0.15) is 24.4 Å². The molecule has 2 amide bonds. The van der Waals surface area contributed by atoms with Crippen molar-refractivity contribution in [1.82, 2.24) is 40.5 Å². The van der Waals surface area contributed by atoms with Crippen LogP contribution in [0.2, 0.25) is 0 Å². The first kappa shape index (κ1) is 27.9. The number of nitrogens with zero attached hydrogens (tertiary/aromatic N) is 8. The summed E-state index contributed by atoms with van der Waals surface area (Å²) in [4.78, 5) is 29.6. The van der Waals surface area contributed by atoms with Crippen LogP contribution in [0.4, 0.5) is 10.1 Å². The smallest absolute Gasteiger partial charge is 0.249 e. The fourth-order valence-electron chi connectivity index (χ4n) is 5.13. The van der Waals surface area contributed by atoms with Crippen molar-refractivity contribution in [3.05, 3.63) is 84.4 Å². The number of hydrogen-bond donors (Lipinski definition) is 1. The van der Waals surface area contributed by atoms with E-state index in [1.54, 1.807) is 24.3 Å². The van der Waals surface area contributed by atoms with Crippen molar-refractivity contribution in [3.63, 3.8) is 0 Å². The first-order chi connectivity index (χ1) is 21.0. The Morgan fingerprint density at radius 2 is 1.98 bits per heavy atom. The Labute approximate surface area is 245 Å². The summed E-state index contributed by atoms with van der Waals surface area (Å²) < 4.78 is 28.2. The van der Waals surface area contributed by atoms with Gasteiger partial charge in [0, 0.05) is 24.9 Å². The second-order valence-corrected chi connectivity index (χ2v) is 9.94. The quantitative estimate of drug-likeness (QED) is 0.262. The van der Waals surface area contributed by atoms with Crippen LogP contribution < -0.4 is 15.0 Å². The van der Waals surface area contributed by atoms with Crippen molar-refractivity contribution in [3.8, 4) is 11.4 Å². The Balaban J connectivity index is 1.43. The van der Waals surface area contributed by atoms with Crippen molar-refractivity contribution < 1.29 is 23.5 Å². The van der Waals surface area contributed by atoms with Gasteiger partial charge in [0.2, 0.25) is 11.8 Å². The molecule has 13 nitrogen and oxygen atoms in total. The van der Waals surface area contributed by atoms with Crippen LogP contribution >= 0.6 is 0 Å². The third kappa shape index (κ3) is 5.90. The van der Waals surface area contributed by atoms with Gasteiger partial charge in [-0.2, -0.15) is 4.68 Å². The van der Waals surface area contributed by atoms with E-state index in [0.717, 1.165) is 12.8 Å². The topological polar surface area (TPSA) is 142 Å². The van der Waals surface area contributed by atoms with Gasteiger partial charge in [0.15, 0.2) is 0 Å². The highest BCUT2D eigenvalue weighted by molar-refractivity contribution is 6.01. The zero-order valence-electron chi connectivity index (χ0n) is 23.2. The van der Waals surface area contributed by atoms with Crippen molar-refractivity contribution >= 4 is 28.5 Å². The zero-order valence-corrected chi connectivity index (χ0v) is 23.2. The molecule has 43 heavy (non-hydrogen) atoms. The molecular weight excluding hydrogens is 557 g/mol. The van der Waals surface area contributed by atoms with Gasteiger partial charge in [-0.05, 0) is 65.2 Å². The molecule has 2 unspecified atom stereocenters. The molecule has 1 fully saturated rings. The van der Waals surface area contributed by atoms with Crippen molar-refractivity contribution in [1.29, 1.82) is 0 Å². The number of rotatable bonds is 10. The summed E-state index contributed by atoms with van der Waals surface area (Å²) in [6.07, 6.45) is 3.01. The van der Waals surface area contributed by atoms with Gasteiger partial charge in [-0.15, -0.1) is 10.2 Å². The predicted molar refractivity (Wildman–Crippen MR) is 152 cm³/mol. The molecule has 3 heterocycles.